The molecule has 0 unspecified atom stereocenters. The topological polar surface area (TPSA) is 195 Å². The van der Waals surface area contributed by atoms with Gasteiger partial charge in [0.25, 0.3) is 0 Å². The molecule has 6 aromatic carbocycles. The van der Waals surface area contributed by atoms with E-state index in [0.717, 1.165) is 86.0 Å². The average Bonchev–Trinajstić information content (AvgIpc) is 3.42. The fourth-order valence-electron chi connectivity index (χ4n) is 10.1. The van der Waals surface area contributed by atoms with Crippen LogP contribution in [0.25, 0.3) is 0 Å². The number of hydrogen-bond acceptors (Lipinski definition) is 14. The molecule has 14 heteroatoms. The summed E-state index contributed by atoms with van der Waals surface area (Å²) in [5.74, 6) is 0.656. The number of rotatable bonds is 3. The number of aromatic hydroxyl groups is 6. The molecule has 13 aliphatic heterocycles. The molecule has 0 saturated carbocycles. The van der Waals surface area contributed by atoms with Crippen LogP contribution in [-0.4, -0.2) is 89.8 Å². The molecule has 1 fully saturated rings. The molecular weight excluding hydrogens is 885 g/mol. The van der Waals surface area contributed by atoms with E-state index in [1.807, 2.05) is 12.1 Å². The van der Waals surface area contributed by atoms with E-state index in [1.165, 1.54) is 0 Å². The summed E-state index contributed by atoms with van der Waals surface area (Å²) >= 11 is 0. The summed E-state index contributed by atoms with van der Waals surface area (Å²) in [7, 11) is 0. The Hall–Kier alpha value is -7.16. The van der Waals surface area contributed by atoms with Crippen molar-refractivity contribution in [2.24, 2.45) is 5.92 Å². The van der Waals surface area contributed by atoms with Crippen LogP contribution in [0.2, 0.25) is 0 Å². The smallest absolute Gasteiger partial charge is 0.161 e. The molecule has 358 valence electrons. The zero-order valence-corrected chi connectivity index (χ0v) is 38.1. The van der Waals surface area contributed by atoms with Crippen LogP contribution in [0.4, 0.5) is 0 Å². The Morgan fingerprint density at radius 1 is 0.348 bits per heavy atom. The van der Waals surface area contributed by atoms with E-state index < -0.39 is 5.92 Å². The minimum absolute atomic E-state index is 0.0304. The van der Waals surface area contributed by atoms with Gasteiger partial charge in [0, 0.05) is 6.61 Å². The molecule has 21 rings (SSSR count). The predicted molar refractivity (Wildman–Crippen MR) is 251 cm³/mol. The van der Waals surface area contributed by atoms with E-state index in [2.05, 4.69) is 0 Å². The van der Waals surface area contributed by atoms with E-state index in [0.29, 0.717) is 45.1 Å². The van der Waals surface area contributed by atoms with Crippen LogP contribution >= 0.6 is 0 Å². The third-order valence-electron chi connectivity index (χ3n) is 13.8. The van der Waals surface area contributed by atoms with E-state index in [9.17, 15) is 30.6 Å². The fourth-order valence-corrected chi connectivity index (χ4v) is 10.1. The Bertz CT molecular complexity index is 2740. The normalized spacial score (nSPS) is 17.8. The summed E-state index contributed by atoms with van der Waals surface area (Å²) in [5.41, 5.74) is 9.82. The Kier molecular flexibility index (Phi) is 12.0. The van der Waals surface area contributed by atoms with Crippen LogP contribution < -0.4 is 28.4 Å². The first-order valence-electron chi connectivity index (χ1n) is 23.7. The van der Waals surface area contributed by atoms with E-state index in [-0.39, 0.29) is 122 Å². The molecule has 69 heavy (non-hydrogen) atoms. The first-order chi connectivity index (χ1) is 33.6. The van der Waals surface area contributed by atoms with E-state index >= 15 is 0 Å². The first-order valence-corrected chi connectivity index (χ1v) is 23.7. The average molecular weight is 939 g/mol. The van der Waals surface area contributed by atoms with E-state index in [1.54, 1.807) is 60.7 Å². The Morgan fingerprint density at radius 2 is 0.623 bits per heavy atom. The monoisotopic (exact) mass is 938 g/mol. The van der Waals surface area contributed by atoms with Gasteiger partial charge in [-0.25, -0.2) is 0 Å². The molecule has 0 aromatic heterocycles. The van der Waals surface area contributed by atoms with Gasteiger partial charge < -0.3 is 68.5 Å². The quantitative estimate of drug-likeness (QED) is 0.0991. The zero-order chi connectivity index (χ0) is 47.2. The molecule has 15 aliphatic rings. The Morgan fingerprint density at radius 3 is 0.899 bits per heavy atom. The minimum atomic E-state index is -0.392. The first kappa shape index (κ1) is 44.4. The SMILES string of the molecule is Oc1cc2c3cc1OCCOc1cc4c(cc1O)Cc1cc5c(O)cc1Cc1cc(c(O)cc1C4)OCC(CO[C@H]1CCCCO1)COc1cc(c(cc1O)Cc1cc(c(O)cc1C3)OCCO5)C2. The van der Waals surface area contributed by atoms with Crippen LogP contribution in [0.1, 0.15) is 86.0 Å². The maximum atomic E-state index is 11.7. The molecular formula is C55H54O14. The summed E-state index contributed by atoms with van der Waals surface area (Å²) in [4.78, 5) is 0. The number of ether oxygens (including phenoxy) is 8. The molecule has 0 radical (unpaired) electrons. The van der Waals surface area contributed by atoms with Crippen molar-refractivity contribution < 1.29 is 68.5 Å². The second-order valence-corrected chi connectivity index (χ2v) is 18.6. The van der Waals surface area contributed by atoms with Gasteiger partial charge in [-0.3, -0.25) is 0 Å². The molecule has 2 aliphatic carbocycles. The van der Waals surface area contributed by atoms with E-state index in [4.69, 9.17) is 37.9 Å². The largest absolute Gasteiger partial charge is 0.504 e. The molecule has 1 saturated heterocycles. The Balaban J connectivity index is 1.08. The van der Waals surface area contributed by atoms with Gasteiger partial charge in [-0.15, -0.1) is 0 Å². The van der Waals surface area contributed by atoms with Gasteiger partial charge in [0.05, 0.1) is 25.7 Å². The minimum Gasteiger partial charge on any atom is -0.504 e. The van der Waals surface area contributed by atoms with Gasteiger partial charge in [0.2, 0.25) is 0 Å². The molecule has 0 spiro atoms. The number of phenols is 6. The van der Waals surface area contributed by atoms with Crippen LogP contribution in [0.3, 0.4) is 0 Å². The summed E-state index contributed by atoms with van der Waals surface area (Å²) < 4.78 is 49.9. The van der Waals surface area contributed by atoms with Crippen LogP contribution in [0, 0.1) is 5.92 Å². The summed E-state index contributed by atoms with van der Waals surface area (Å²) in [6, 6.07) is 21.0. The lowest BCUT2D eigenvalue weighted by atomic mass is 9.94. The van der Waals surface area contributed by atoms with Crippen molar-refractivity contribution in [3.8, 4) is 69.0 Å². The molecule has 6 aromatic rings. The lowest BCUT2D eigenvalue weighted by Gasteiger charge is -2.26. The molecule has 14 nitrogen and oxygen atoms in total. The third kappa shape index (κ3) is 9.38. The maximum absolute atomic E-state index is 11.7. The number of hydrogen-bond donors (Lipinski definition) is 6. The van der Waals surface area contributed by atoms with Crippen LogP contribution in [0.15, 0.2) is 72.8 Å². The fraction of sp³-hybridized carbons (Fsp3) is 0.345. The van der Waals surface area contributed by atoms with Gasteiger partial charge in [-0.1, -0.05) is 0 Å². The highest BCUT2D eigenvalue weighted by atomic mass is 16.7. The third-order valence-corrected chi connectivity index (χ3v) is 13.8. The van der Waals surface area contributed by atoms with Gasteiger partial charge in [0.1, 0.15) is 26.4 Å². The van der Waals surface area contributed by atoms with Crippen molar-refractivity contribution in [2.45, 2.75) is 64.1 Å². The van der Waals surface area contributed by atoms with Gasteiger partial charge >= 0.3 is 0 Å². The number of phenolic OH excluding ortho intramolecular Hbond substituents is 6. The second kappa shape index (κ2) is 18.7. The molecule has 0 amide bonds. The molecule has 18 bridgehead atoms. The molecule has 13 heterocycles. The Labute approximate surface area is 398 Å². The zero-order valence-electron chi connectivity index (χ0n) is 38.1. The van der Waals surface area contributed by atoms with Gasteiger partial charge in [-0.05, 0) is 197 Å². The highest BCUT2D eigenvalue weighted by Gasteiger charge is 2.26. The van der Waals surface area contributed by atoms with Crippen molar-refractivity contribution in [3.05, 3.63) is 140 Å². The van der Waals surface area contributed by atoms with Crippen LogP contribution in [0.5, 0.6) is 69.0 Å². The highest BCUT2D eigenvalue weighted by Crippen LogP contribution is 2.43. The van der Waals surface area contributed by atoms with Gasteiger partial charge in [0.15, 0.2) is 75.3 Å². The maximum Gasteiger partial charge on any atom is 0.161 e. The van der Waals surface area contributed by atoms with Crippen molar-refractivity contribution >= 4 is 0 Å². The predicted octanol–water partition coefficient (Wildman–Crippen LogP) is 8.25. The van der Waals surface area contributed by atoms with Crippen molar-refractivity contribution in [1.29, 1.82) is 0 Å². The second-order valence-electron chi connectivity index (χ2n) is 18.6. The summed E-state index contributed by atoms with van der Waals surface area (Å²) in [5, 5.41) is 69.2. The summed E-state index contributed by atoms with van der Waals surface area (Å²) in [6.45, 7) is 1.10. The van der Waals surface area contributed by atoms with Gasteiger partial charge in [-0.2, -0.15) is 0 Å². The standard InChI is InChI=1S/C55H54O14/c56-43-15-32-10-38-22-50-46(59)18-34(38)14-42-26-54-47(60)19-35(42)11-39(32)23-51(43)64-7-5-62-49-21-37-9-31-16-44(57)52(65-8-6-63-50)24-40(31)12-36-20-48(61)53(25-41(36)13-33(37)17-45(49)58)67-27-30(28-68-54)29-69-55-3-1-2-4-66-55/h15-26,30,55-61H,1-14,27-29H2/t55-/m0/s1. The lowest BCUT2D eigenvalue weighted by Crippen LogP contribution is -2.30. The lowest BCUT2D eigenvalue weighted by molar-refractivity contribution is -0.171. The summed E-state index contributed by atoms with van der Waals surface area (Å²) in [6.07, 6.45) is 4.50. The van der Waals surface area contributed by atoms with Crippen molar-refractivity contribution in [1.82, 2.24) is 0 Å². The number of benzene rings is 6. The highest BCUT2D eigenvalue weighted by molar-refractivity contribution is 5.60. The molecule has 6 N–H and O–H groups in total. The molecule has 1 atom stereocenters. The van der Waals surface area contributed by atoms with Crippen molar-refractivity contribution in [3.63, 3.8) is 0 Å². The van der Waals surface area contributed by atoms with Crippen molar-refractivity contribution in [2.75, 3.05) is 52.9 Å². The van der Waals surface area contributed by atoms with Crippen LogP contribution in [-0.2, 0) is 48.0 Å².